The lowest BCUT2D eigenvalue weighted by molar-refractivity contribution is -0.0173. The van der Waals surface area contributed by atoms with Crippen molar-refractivity contribution in [2.75, 3.05) is 13.2 Å². The number of rotatable bonds is 7. The van der Waals surface area contributed by atoms with E-state index in [0.717, 1.165) is 19.2 Å². The third kappa shape index (κ3) is 4.10. The van der Waals surface area contributed by atoms with Crippen LogP contribution in [0.25, 0.3) is 0 Å². The van der Waals surface area contributed by atoms with Crippen LogP contribution in [0, 0.1) is 0 Å². The number of ether oxygens (including phenoxy) is 1. The van der Waals surface area contributed by atoms with Crippen LogP contribution in [0.1, 0.15) is 46.0 Å². The van der Waals surface area contributed by atoms with Crippen LogP contribution in [0.15, 0.2) is 0 Å². The van der Waals surface area contributed by atoms with Crippen molar-refractivity contribution in [1.82, 2.24) is 5.32 Å². The summed E-state index contributed by atoms with van der Waals surface area (Å²) in [6.07, 6.45) is 6.83. The fourth-order valence-corrected chi connectivity index (χ4v) is 1.76. The monoisotopic (exact) mass is 185 g/mol. The van der Waals surface area contributed by atoms with Crippen molar-refractivity contribution in [1.29, 1.82) is 0 Å². The second-order valence-electron chi connectivity index (χ2n) is 3.93. The minimum Gasteiger partial charge on any atom is -0.378 e. The van der Waals surface area contributed by atoms with E-state index in [9.17, 15) is 0 Å². The molecule has 0 aromatic heterocycles. The molecule has 1 rings (SSSR count). The summed E-state index contributed by atoms with van der Waals surface area (Å²) in [5, 5.41) is 3.43. The summed E-state index contributed by atoms with van der Waals surface area (Å²) in [5.41, 5.74) is 0. The molecular weight excluding hydrogens is 162 g/mol. The summed E-state index contributed by atoms with van der Waals surface area (Å²) in [6, 6.07) is 0.737. The minimum absolute atomic E-state index is 0.556. The lowest BCUT2D eigenvalue weighted by Crippen LogP contribution is -2.45. The summed E-state index contributed by atoms with van der Waals surface area (Å²) in [5.74, 6) is 0. The highest BCUT2D eigenvalue weighted by molar-refractivity contribution is 4.85. The fraction of sp³-hybridized carbons (Fsp3) is 1.00. The zero-order valence-corrected chi connectivity index (χ0v) is 9.01. The molecule has 0 atom stereocenters. The van der Waals surface area contributed by atoms with Crippen LogP contribution in [0.3, 0.4) is 0 Å². The van der Waals surface area contributed by atoms with Gasteiger partial charge in [-0.15, -0.1) is 0 Å². The molecule has 0 bridgehead atoms. The van der Waals surface area contributed by atoms with Crippen molar-refractivity contribution in [2.24, 2.45) is 0 Å². The lowest BCUT2D eigenvalue weighted by Gasteiger charge is -2.35. The summed E-state index contributed by atoms with van der Waals surface area (Å²) in [6.45, 7) is 6.45. The highest BCUT2D eigenvalue weighted by Crippen LogP contribution is 2.23. The van der Waals surface area contributed by atoms with Crippen molar-refractivity contribution in [3.05, 3.63) is 0 Å². The first-order valence-corrected chi connectivity index (χ1v) is 5.71. The van der Waals surface area contributed by atoms with Gasteiger partial charge in [0.05, 0.1) is 6.10 Å². The zero-order chi connectivity index (χ0) is 9.52. The van der Waals surface area contributed by atoms with Gasteiger partial charge in [-0.05, 0) is 25.8 Å². The molecule has 0 spiro atoms. The molecule has 0 amide bonds. The van der Waals surface area contributed by atoms with Gasteiger partial charge in [0, 0.05) is 12.6 Å². The van der Waals surface area contributed by atoms with Crippen LogP contribution in [-0.2, 0) is 4.74 Å². The first kappa shape index (κ1) is 11.0. The molecule has 0 aromatic rings. The van der Waals surface area contributed by atoms with E-state index in [-0.39, 0.29) is 0 Å². The number of hydrogen-bond donors (Lipinski definition) is 1. The van der Waals surface area contributed by atoms with Crippen molar-refractivity contribution in [3.63, 3.8) is 0 Å². The molecule has 1 aliphatic rings. The van der Waals surface area contributed by atoms with Crippen molar-refractivity contribution >= 4 is 0 Å². The van der Waals surface area contributed by atoms with Crippen LogP contribution in [-0.4, -0.2) is 25.3 Å². The average molecular weight is 185 g/mol. The van der Waals surface area contributed by atoms with Crippen LogP contribution in [0.5, 0.6) is 0 Å². The maximum absolute atomic E-state index is 5.72. The van der Waals surface area contributed by atoms with Gasteiger partial charge >= 0.3 is 0 Å². The Morgan fingerprint density at radius 3 is 2.62 bits per heavy atom. The second kappa shape index (κ2) is 6.39. The van der Waals surface area contributed by atoms with Gasteiger partial charge in [0.2, 0.25) is 0 Å². The van der Waals surface area contributed by atoms with Crippen LogP contribution < -0.4 is 5.32 Å². The minimum atomic E-state index is 0.556. The summed E-state index contributed by atoms with van der Waals surface area (Å²) in [4.78, 5) is 0. The third-order valence-corrected chi connectivity index (χ3v) is 2.69. The van der Waals surface area contributed by atoms with E-state index in [0.29, 0.717) is 6.10 Å². The Morgan fingerprint density at radius 1 is 1.23 bits per heavy atom. The molecule has 78 valence electrons. The van der Waals surface area contributed by atoms with Gasteiger partial charge in [0.25, 0.3) is 0 Å². The molecule has 0 aliphatic heterocycles. The summed E-state index contributed by atoms with van der Waals surface area (Å²) in [7, 11) is 0. The molecule has 1 saturated carbocycles. The first-order chi connectivity index (χ1) is 6.36. The normalized spacial score (nSPS) is 27.2. The molecule has 0 aromatic carbocycles. The molecule has 0 saturated heterocycles. The van der Waals surface area contributed by atoms with Crippen LogP contribution in [0.2, 0.25) is 0 Å². The molecule has 13 heavy (non-hydrogen) atoms. The average Bonchev–Trinajstić information content (AvgIpc) is 2.07. The Labute approximate surface area is 82.0 Å². The fourth-order valence-electron chi connectivity index (χ4n) is 1.76. The Morgan fingerprint density at radius 2 is 2.00 bits per heavy atom. The molecule has 2 nitrogen and oxygen atoms in total. The second-order valence-corrected chi connectivity index (χ2v) is 3.93. The predicted octanol–water partition coefficient (Wildman–Crippen LogP) is 2.33. The number of nitrogens with one attached hydrogen (secondary N) is 1. The standard InChI is InChI=1S/C11H23NO/c1-3-5-6-7-13-11-8-10(9-11)12-4-2/h10-12H,3-9H2,1-2H3. The van der Waals surface area contributed by atoms with E-state index in [4.69, 9.17) is 4.74 Å². The van der Waals surface area contributed by atoms with Crippen LogP contribution in [0.4, 0.5) is 0 Å². The molecule has 1 aliphatic carbocycles. The quantitative estimate of drug-likeness (QED) is 0.615. The SMILES string of the molecule is CCCCCOC1CC(NCC)C1. The zero-order valence-electron chi connectivity index (χ0n) is 9.01. The predicted molar refractivity (Wildman–Crippen MR) is 56.0 cm³/mol. The van der Waals surface area contributed by atoms with Gasteiger partial charge in [-0.3, -0.25) is 0 Å². The highest BCUT2D eigenvalue weighted by atomic mass is 16.5. The molecular formula is C11H23NO. The van der Waals surface area contributed by atoms with Gasteiger partial charge in [0.15, 0.2) is 0 Å². The van der Waals surface area contributed by atoms with E-state index in [1.165, 1.54) is 32.1 Å². The molecule has 1 N–H and O–H groups in total. The van der Waals surface area contributed by atoms with E-state index in [1.54, 1.807) is 0 Å². The van der Waals surface area contributed by atoms with Gasteiger partial charge in [-0.25, -0.2) is 0 Å². The van der Waals surface area contributed by atoms with Gasteiger partial charge < -0.3 is 10.1 Å². The topological polar surface area (TPSA) is 21.3 Å². The lowest BCUT2D eigenvalue weighted by atomic mass is 9.89. The molecule has 0 radical (unpaired) electrons. The molecule has 1 fully saturated rings. The number of hydrogen-bond acceptors (Lipinski definition) is 2. The third-order valence-electron chi connectivity index (χ3n) is 2.69. The van der Waals surface area contributed by atoms with Gasteiger partial charge in [0.1, 0.15) is 0 Å². The van der Waals surface area contributed by atoms with E-state index < -0.39 is 0 Å². The summed E-state index contributed by atoms with van der Waals surface area (Å²) >= 11 is 0. The van der Waals surface area contributed by atoms with Crippen molar-refractivity contribution in [2.45, 2.75) is 58.1 Å². The van der Waals surface area contributed by atoms with Crippen molar-refractivity contribution < 1.29 is 4.74 Å². The maximum Gasteiger partial charge on any atom is 0.0604 e. The Balaban J connectivity index is 1.84. The van der Waals surface area contributed by atoms with E-state index in [2.05, 4.69) is 19.2 Å². The Bertz CT molecular complexity index is 121. The highest BCUT2D eigenvalue weighted by Gasteiger charge is 2.28. The molecule has 0 unspecified atom stereocenters. The molecule has 0 heterocycles. The Kier molecular flexibility index (Phi) is 5.40. The summed E-state index contributed by atoms with van der Waals surface area (Å²) < 4.78 is 5.72. The maximum atomic E-state index is 5.72. The van der Waals surface area contributed by atoms with E-state index in [1.807, 2.05) is 0 Å². The van der Waals surface area contributed by atoms with Gasteiger partial charge in [-0.1, -0.05) is 26.7 Å². The van der Waals surface area contributed by atoms with Crippen LogP contribution >= 0.6 is 0 Å². The first-order valence-electron chi connectivity index (χ1n) is 5.71. The van der Waals surface area contributed by atoms with Crippen molar-refractivity contribution in [3.8, 4) is 0 Å². The van der Waals surface area contributed by atoms with E-state index >= 15 is 0 Å². The largest absolute Gasteiger partial charge is 0.378 e. The number of unbranched alkanes of at least 4 members (excludes halogenated alkanes) is 2. The molecule has 2 heteroatoms. The smallest absolute Gasteiger partial charge is 0.0604 e. The Hall–Kier alpha value is -0.0800. The van der Waals surface area contributed by atoms with Gasteiger partial charge in [-0.2, -0.15) is 0 Å².